The number of nitrogens with zero attached hydrogens (tertiary/aromatic N) is 3. The summed E-state index contributed by atoms with van der Waals surface area (Å²) in [5, 5.41) is 3.54. The molecule has 3 saturated heterocycles. The Kier molecular flexibility index (Phi) is 6.73. The molecule has 3 aliphatic heterocycles. The Morgan fingerprint density at radius 1 is 1.10 bits per heavy atom. The van der Waals surface area contributed by atoms with Crippen molar-refractivity contribution >= 4 is 5.96 Å². The van der Waals surface area contributed by atoms with Gasteiger partial charge in [-0.3, -0.25) is 9.89 Å². The number of guanidine groups is 1. The standard InChI is InChI=1S/C23H36N4O2/c1-3-24-22(27-10-8-23(17-27)9-13-29-18-23)25-16-21(26-11-14-28-15-12-26)20-6-4-19(2)5-7-20/h4-7,21H,3,8-18H2,1-2H3,(H,24,25). The number of hydrogen-bond acceptors (Lipinski definition) is 4. The van der Waals surface area contributed by atoms with E-state index in [4.69, 9.17) is 14.5 Å². The SMILES string of the molecule is CCNC(=NCC(c1ccc(C)cc1)N1CCOCC1)N1CCC2(CCOC2)C1. The van der Waals surface area contributed by atoms with E-state index in [1.54, 1.807) is 0 Å². The minimum atomic E-state index is 0.291. The number of likely N-dealkylation sites (tertiary alicyclic amines) is 1. The van der Waals surface area contributed by atoms with E-state index in [2.05, 4.69) is 53.2 Å². The van der Waals surface area contributed by atoms with Crippen LogP contribution in [0.15, 0.2) is 29.3 Å². The van der Waals surface area contributed by atoms with Crippen LogP contribution in [0, 0.1) is 12.3 Å². The molecule has 2 atom stereocenters. The van der Waals surface area contributed by atoms with E-state index in [9.17, 15) is 0 Å². The van der Waals surface area contributed by atoms with E-state index < -0.39 is 0 Å². The summed E-state index contributed by atoms with van der Waals surface area (Å²) in [5.74, 6) is 1.06. The number of morpholine rings is 1. The average molecular weight is 401 g/mol. The van der Waals surface area contributed by atoms with Gasteiger partial charge in [-0.1, -0.05) is 29.8 Å². The topological polar surface area (TPSA) is 49.3 Å². The first kappa shape index (κ1) is 20.6. The number of hydrogen-bond donors (Lipinski definition) is 1. The van der Waals surface area contributed by atoms with Crippen LogP contribution in [0.3, 0.4) is 0 Å². The Hall–Kier alpha value is -1.63. The number of aliphatic imine (C=N–C) groups is 1. The number of aryl methyl sites for hydroxylation is 1. The smallest absolute Gasteiger partial charge is 0.194 e. The molecule has 1 aromatic carbocycles. The predicted octanol–water partition coefficient (Wildman–Crippen LogP) is 2.45. The van der Waals surface area contributed by atoms with E-state index in [1.807, 2.05) is 0 Å². The molecule has 0 aromatic heterocycles. The lowest BCUT2D eigenvalue weighted by Gasteiger charge is -2.34. The van der Waals surface area contributed by atoms with Crippen molar-refractivity contribution in [3.63, 3.8) is 0 Å². The summed E-state index contributed by atoms with van der Waals surface area (Å²) in [7, 11) is 0. The fourth-order valence-corrected chi connectivity index (χ4v) is 4.80. The van der Waals surface area contributed by atoms with Crippen molar-refractivity contribution in [2.45, 2.75) is 32.7 Å². The molecule has 0 saturated carbocycles. The highest BCUT2D eigenvalue weighted by molar-refractivity contribution is 5.80. The van der Waals surface area contributed by atoms with Gasteiger partial charge in [0.1, 0.15) is 0 Å². The highest BCUT2D eigenvalue weighted by atomic mass is 16.5. The molecule has 3 fully saturated rings. The van der Waals surface area contributed by atoms with Crippen molar-refractivity contribution in [2.75, 3.05) is 65.7 Å². The lowest BCUT2D eigenvalue weighted by molar-refractivity contribution is 0.0179. The van der Waals surface area contributed by atoms with Crippen LogP contribution >= 0.6 is 0 Å². The van der Waals surface area contributed by atoms with Crippen LogP contribution in [0.1, 0.15) is 36.9 Å². The van der Waals surface area contributed by atoms with Crippen LogP contribution < -0.4 is 5.32 Å². The molecule has 4 rings (SSSR count). The first-order chi connectivity index (χ1) is 14.2. The molecule has 0 radical (unpaired) electrons. The van der Waals surface area contributed by atoms with E-state index in [0.717, 1.165) is 71.7 Å². The highest BCUT2D eigenvalue weighted by Crippen LogP contribution is 2.38. The van der Waals surface area contributed by atoms with Gasteiger partial charge in [0.25, 0.3) is 0 Å². The van der Waals surface area contributed by atoms with Crippen molar-refractivity contribution in [1.82, 2.24) is 15.1 Å². The Bertz CT molecular complexity index is 679. The lowest BCUT2D eigenvalue weighted by atomic mass is 9.87. The maximum Gasteiger partial charge on any atom is 0.194 e. The Morgan fingerprint density at radius 2 is 1.90 bits per heavy atom. The quantitative estimate of drug-likeness (QED) is 0.608. The van der Waals surface area contributed by atoms with E-state index in [1.165, 1.54) is 24.0 Å². The maximum absolute atomic E-state index is 5.71. The summed E-state index contributed by atoms with van der Waals surface area (Å²) in [6.45, 7) is 13.5. The zero-order chi connectivity index (χ0) is 20.1. The van der Waals surface area contributed by atoms with Gasteiger partial charge < -0.3 is 19.7 Å². The van der Waals surface area contributed by atoms with Gasteiger partial charge in [-0.15, -0.1) is 0 Å². The van der Waals surface area contributed by atoms with E-state index in [-0.39, 0.29) is 0 Å². The van der Waals surface area contributed by atoms with Gasteiger partial charge in [0.05, 0.1) is 32.4 Å². The van der Waals surface area contributed by atoms with Crippen LogP contribution in [-0.2, 0) is 9.47 Å². The molecular formula is C23H36N4O2. The molecule has 0 bridgehead atoms. The minimum absolute atomic E-state index is 0.291. The van der Waals surface area contributed by atoms with Gasteiger partial charge in [0, 0.05) is 44.7 Å². The summed E-state index contributed by atoms with van der Waals surface area (Å²) < 4.78 is 11.3. The minimum Gasteiger partial charge on any atom is -0.381 e. The van der Waals surface area contributed by atoms with Crippen LogP contribution in [-0.4, -0.2) is 81.5 Å². The molecule has 160 valence electrons. The molecular weight excluding hydrogens is 364 g/mol. The molecule has 2 unspecified atom stereocenters. The van der Waals surface area contributed by atoms with Gasteiger partial charge in [-0.05, 0) is 32.3 Å². The van der Waals surface area contributed by atoms with Gasteiger partial charge in [-0.2, -0.15) is 0 Å². The second kappa shape index (κ2) is 9.45. The van der Waals surface area contributed by atoms with Gasteiger partial charge >= 0.3 is 0 Å². The molecule has 3 aliphatic rings. The first-order valence-electron chi connectivity index (χ1n) is 11.2. The Morgan fingerprint density at radius 3 is 2.59 bits per heavy atom. The number of nitrogens with one attached hydrogen (secondary N) is 1. The van der Waals surface area contributed by atoms with Gasteiger partial charge in [-0.25, -0.2) is 0 Å². The van der Waals surface area contributed by atoms with Crippen LogP contribution in [0.2, 0.25) is 0 Å². The van der Waals surface area contributed by atoms with Crippen LogP contribution in [0.25, 0.3) is 0 Å². The summed E-state index contributed by atoms with van der Waals surface area (Å²) in [4.78, 5) is 10.1. The summed E-state index contributed by atoms with van der Waals surface area (Å²) in [6, 6.07) is 9.24. The number of benzene rings is 1. The third kappa shape index (κ3) is 4.93. The van der Waals surface area contributed by atoms with Crippen LogP contribution in [0.4, 0.5) is 0 Å². The van der Waals surface area contributed by atoms with E-state index >= 15 is 0 Å². The maximum atomic E-state index is 5.71. The monoisotopic (exact) mass is 400 g/mol. The van der Waals surface area contributed by atoms with Crippen molar-refractivity contribution in [3.8, 4) is 0 Å². The Balaban J connectivity index is 1.51. The number of rotatable bonds is 5. The predicted molar refractivity (Wildman–Crippen MR) is 116 cm³/mol. The summed E-state index contributed by atoms with van der Waals surface area (Å²) in [5.41, 5.74) is 2.99. The molecule has 29 heavy (non-hydrogen) atoms. The fourth-order valence-electron chi connectivity index (χ4n) is 4.80. The summed E-state index contributed by atoms with van der Waals surface area (Å²) in [6.07, 6.45) is 2.39. The van der Waals surface area contributed by atoms with Crippen LogP contribution in [0.5, 0.6) is 0 Å². The largest absolute Gasteiger partial charge is 0.381 e. The zero-order valence-electron chi connectivity index (χ0n) is 18.0. The molecule has 6 heteroatoms. The molecule has 6 nitrogen and oxygen atoms in total. The molecule has 0 aliphatic carbocycles. The molecule has 1 spiro atoms. The normalized spacial score (nSPS) is 27.0. The van der Waals surface area contributed by atoms with Crippen molar-refractivity contribution in [2.24, 2.45) is 10.4 Å². The van der Waals surface area contributed by atoms with Crippen molar-refractivity contribution in [1.29, 1.82) is 0 Å². The molecule has 1 aromatic rings. The highest BCUT2D eigenvalue weighted by Gasteiger charge is 2.42. The van der Waals surface area contributed by atoms with Gasteiger partial charge in [0.2, 0.25) is 0 Å². The molecule has 0 amide bonds. The third-order valence-corrected chi connectivity index (χ3v) is 6.62. The average Bonchev–Trinajstić information content (AvgIpc) is 3.39. The van der Waals surface area contributed by atoms with E-state index in [0.29, 0.717) is 11.5 Å². The lowest BCUT2D eigenvalue weighted by Crippen LogP contribution is -2.43. The van der Waals surface area contributed by atoms with Crippen molar-refractivity contribution < 1.29 is 9.47 Å². The second-order valence-corrected chi connectivity index (χ2v) is 8.74. The third-order valence-electron chi connectivity index (χ3n) is 6.62. The van der Waals surface area contributed by atoms with Crippen molar-refractivity contribution in [3.05, 3.63) is 35.4 Å². The van der Waals surface area contributed by atoms with Gasteiger partial charge in [0.15, 0.2) is 5.96 Å². The second-order valence-electron chi connectivity index (χ2n) is 8.74. The Labute approximate surface area is 175 Å². The number of ether oxygens (including phenoxy) is 2. The summed E-state index contributed by atoms with van der Waals surface area (Å²) >= 11 is 0. The fraction of sp³-hybridized carbons (Fsp3) is 0.696. The zero-order valence-corrected chi connectivity index (χ0v) is 18.0. The molecule has 3 heterocycles. The first-order valence-corrected chi connectivity index (χ1v) is 11.2. The molecule has 1 N–H and O–H groups in total.